The molecule has 2 aromatic heterocycles. The second-order valence-electron chi connectivity index (χ2n) is 8.58. The van der Waals surface area contributed by atoms with Gasteiger partial charge in [0.05, 0.1) is 18.2 Å². The molecule has 7 nitrogen and oxygen atoms in total. The third-order valence-corrected chi connectivity index (χ3v) is 5.12. The number of fused-ring (bicyclic) bond motifs is 1. The molecule has 1 N–H and O–H groups in total. The second-order valence-corrected chi connectivity index (χ2v) is 8.58. The maximum atomic E-state index is 13.4. The Labute approximate surface area is 171 Å². The quantitative estimate of drug-likeness (QED) is 0.701. The fourth-order valence-electron chi connectivity index (χ4n) is 3.53. The minimum atomic E-state index is -4.46. The summed E-state index contributed by atoms with van der Waals surface area (Å²) in [6, 6.07) is 5.42. The molecule has 0 radical (unpaired) electrons. The van der Waals surface area contributed by atoms with Gasteiger partial charge in [0.25, 0.3) is 0 Å². The number of aromatic nitrogens is 5. The molecule has 0 aliphatic carbocycles. The third kappa shape index (κ3) is 3.83. The predicted molar refractivity (Wildman–Crippen MR) is 105 cm³/mol. The molecule has 1 aliphatic heterocycles. The van der Waals surface area contributed by atoms with Gasteiger partial charge in [0.2, 0.25) is 0 Å². The Morgan fingerprint density at radius 1 is 1.13 bits per heavy atom. The molecule has 0 saturated carbocycles. The first-order valence-electron chi connectivity index (χ1n) is 9.74. The zero-order valence-electron chi connectivity index (χ0n) is 17.0. The summed E-state index contributed by atoms with van der Waals surface area (Å²) in [5.41, 5.74) is -0.210. The SMILES string of the molecule is CC(C)(C)c1nc(N2CC[C@H](O)C2)c2nnn(Cc3ccccc3C(F)(F)F)c2n1. The van der Waals surface area contributed by atoms with Crippen LogP contribution in [0.15, 0.2) is 24.3 Å². The number of nitrogens with zero attached hydrogens (tertiary/aromatic N) is 6. The van der Waals surface area contributed by atoms with Crippen LogP contribution in [-0.4, -0.2) is 49.3 Å². The number of rotatable bonds is 3. The van der Waals surface area contributed by atoms with Crippen LogP contribution >= 0.6 is 0 Å². The van der Waals surface area contributed by atoms with Crippen molar-refractivity contribution in [2.45, 2.75) is 51.4 Å². The zero-order valence-corrected chi connectivity index (χ0v) is 17.0. The number of hydrogen-bond acceptors (Lipinski definition) is 6. The molecular weight excluding hydrogens is 397 g/mol. The number of hydrogen-bond donors (Lipinski definition) is 1. The zero-order chi connectivity index (χ0) is 21.7. The van der Waals surface area contributed by atoms with Gasteiger partial charge < -0.3 is 10.0 Å². The van der Waals surface area contributed by atoms with Crippen LogP contribution in [0, 0.1) is 0 Å². The van der Waals surface area contributed by atoms with Crippen molar-refractivity contribution in [3.63, 3.8) is 0 Å². The van der Waals surface area contributed by atoms with E-state index in [1.54, 1.807) is 6.07 Å². The lowest BCUT2D eigenvalue weighted by Gasteiger charge is -2.22. The summed E-state index contributed by atoms with van der Waals surface area (Å²) in [4.78, 5) is 11.2. The molecule has 30 heavy (non-hydrogen) atoms. The Balaban J connectivity index is 1.83. The van der Waals surface area contributed by atoms with Crippen molar-refractivity contribution in [1.29, 1.82) is 0 Å². The van der Waals surface area contributed by atoms with Crippen molar-refractivity contribution in [2.75, 3.05) is 18.0 Å². The van der Waals surface area contributed by atoms with Crippen molar-refractivity contribution in [2.24, 2.45) is 0 Å². The summed E-state index contributed by atoms with van der Waals surface area (Å²) in [6.45, 7) is 6.80. The molecule has 3 heterocycles. The maximum absolute atomic E-state index is 13.4. The molecule has 160 valence electrons. The normalized spacial score (nSPS) is 17.8. The van der Waals surface area contributed by atoms with Gasteiger partial charge in [-0.3, -0.25) is 0 Å². The average molecular weight is 420 g/mol. The molecular formula is C20H23F3N6O. The molecule has 1 aromatic carbocycles. The van der Waals surface area contributed by atoms with E-state index < -0.39 is 17.8 Å². The van der Waals surface area contributed by atoms with Gasteiger partial charge in [-0.1, -0.05) is 44.2 Å². The van der Waals surface area contributed by atoms with Crippen LogP contribution in [0.25, 0.3) is 11.2 Å². The first-order chi connectivity index (χ1) is 14.0. The van der Waals surface area contributed by atoms with Crippen molar-refractivity contribution in [3.05, 3.63) is 41.2 Å². The van der Waals surface area contributed by atoms with Gasteiger partial charge in [0, 0.05) is 18.5 Å². The highest BCUT2D eigenvalue weighted by atomic mass is 19.4. The smallest absolute Gasteiger partial charge is 0.391 e. The molecule has 10 heteroatoms. The van der Waals surface area contributed by atoms with Crippen molar-refractivity contribution in [3.8, 4) is 0 Å². The first-order valence-corrected chi connectivity index (χ1v) is 9.74. The van der Waals surface area contributed by atoms with Crippen LogP contribution in [-0.2, 0) is 18.1 Å². The van der Waals surface area contributed by atoms with Gasteiger partial charge in [-0.2, -0.15) is 13.2 Å². The Bertz CT molecular complexity index is 1070. The highest BCUT2D eigenvalue weighted by Gasteiger charge is 2.34. The van der Waals surface area contributed by atoms with Gasteiger partial charge in [0.15, 0.2) is 17.0 Å². The fourth-order valence-corrected chi connectivity index (χ4v) is 3.53. The highest BCUT2D eigenvalue weighted by molar-refractivity contribution is 5.83. The number of anilines is 1. The third-order valence-electron chi connectivity index (χ3n) is 5.12. The van der Waals surface area contributed by atoms with Gasteiger partial charge in [-0.15, -0.1) is 5.10 Å². The van der Waals surface area contributed by atoms with E-state index in [2.05, 4.69) is 20.3 Å². The van der Waals surface area contributed by atoms with E-state index in [-0.39, 0.29) is 17.5 Å². The molecule has 1 aliphatic rings. The van der Waals surface area contributed by atoms with Crippen molar-refractivity contribution < 1.29 is 18.3 Å². The lowest BCUT2D eigenvalue weighted by Crippen LogP contribution is -2.25. The molecule has 0 bridgehead atoms. The summed E-state index contributed by atoms with van der Waals surface area (Å²) in [5.74, 6) is 1.09. The largest absolute Gasteiger partial charge is 0.416 e. The van der Waals surface area contributed by atoms with E-state index in [9.17, 15) is 18.3 Å². The number of benzene rings is 1. The van der Waals surface area contributed by atoms with Crippen LogP contribution < -0.4 is 4.90 Å². The number of β-amino-alcohol motifs (C(OH)–C–C–N with tert-alkyl or cyclic N) is 1. The van der Waals surface area contributed by atoms with Gasteiger partial charge in [-0.05, 0) is 18.1 Å². The molecule has 0 spiro atoms. The Kier molecular flexibility index (Phi) is 4.92. The molecule has 0 amide bonds. The van der Waals surface area contributed by atoms with E-state index in [1.165, 1.54) is 16.8 Å². The van der Waals surface area contributed by atoms with E-state index in [4.69, 9.17) is 0 Å². The molecule has 4 rings (SSSR count). The van der Waals surface area contributed by atoms with E-state index >= 15 is 0 Å². The summed E-state index contributed by atoms with van der Waals surface area (Å²) in [6.07, 6.45) is -4.31. The minimum absolute atomic E-state index is 0.0888. The Morgan fingerprint density at radius 2 is 1.87 bits per heavy atom. The Morgan fingerprint density at radius 3 is 2.50 bits per heavy atom. The minimum Gasteiger partial charge on any atom is -0.391 e. The van der Waals surface area contributed by atoms with Gasteiger partial charge >= 0.3 is 6.18 Å². The molecule has 1 saturated heterocycles. The summed E-state index contributed by atoms with van der Waals surface area (Å²) >= 11 is 0. The van der Waals surface area contributed by atoms with Crippen LogP contribution in [0.2, 0.25) is 0 Å². The molecule has 3 aromatic rings. The average Bonchev–Trinajstić information content (AvgIpc) is 3.26. The topological polar surface area (TPSA) is 80.0 Å². The number of aliphatic hydroxyl groups is 1. The predicted octanol–water partition coefficient (Wildman–Crippen LogP) is 3.16. The van der Waals surface area contributed by atoms with E-state index in [1.807, 2.05) is 25.7 Å². The molecule has 1 fully saturated rings. The summed E-state index contributed by atoms with van der Waals surface area (Å²) in [7, 11) is 0. The lowest BCUT2D eigenvalue weighted by molar-refractivity contribution is -0.138. The van der Waals surface area contributed by atoms with E-state index in [0.717, 1.165) is 6.07 Å². The number of halogens is 3. The van der Waals surface area contributed by atoms with E-state index in [0.29, 0.717) is 42.3 Å². The van der Waals surface area contributed by atoms with Crippen LogP contribution in [0.1, 0.15) is 44.1 Å². The maximum Gasteiger partial charge on any atom is 0.416 e. The standard InChI is InChI=1S/C20H23F3N6O/c1-19(2,3)18-24-16(28-9-8-13(30)11-28)15-17(25-18)29(27-26-15)10-12-6-4-5-7-14(12)20(21,22)23/h4-7,13,30H,8-11H2,1-3H3/t13-/m0/s1. The fraction of sp³-hybridized carbons (Fsp3) is 0.500. The highest BCUT2D eigenvalue weighted by Crippen LogP contribution is 2.33. The molecule has 1 atom stereocenters. The molecule has 0 unspecified atom stereocenters. The van der Waals surface area contributed by atoms with Gasteiger partial charge in [0.1, 0.15) is 5.82 Å². The van der Waals surface area contributed by atoms with Crippen molar-refractivity contribution in [1.82, 2.24) is 25.0 Å². The Hall–Kier alpha value is -2.75. The van der Waals surface area contributed by atoms with Crippen LogP contribution in [0.5, 0.6) is 0 Å². The summed E-state index contributed by atoms with van der Waals surface area (Å²) in [5, 5.41) is 18.2. The van der Waals surface area contributed by atoms with Crippen molar-refractivity contribution >= 4 is 17.0 Å². The summed E-state index contributed by atoms with van der Waals surface area (Å²) < 4.78 is 41.6. The number of aliphatic hydroxyl groups excluding tert-OH is 1. The second kappa shape index (κ2) is 7.19. The van der Waals surface area contributed by atoms with Crippen LogP contribution in [0.3, 0.4) is 0 Å². The van der Waals surface area contributed by atoms with Gasteiger partial charge in [-0.25, -0.2) is 14.6 Å². The van der Waals surface area contributed by atoms with Crippen LogP contribution in [0.4, 0.5) is 19.0 Å². The first kappa shape index (κ1) is 20.5. The monoisotopic (exact) mass is 420 g/mol. The number of alkyl halides is 3. The lowest BCUT2D eigenvalue weighted by atomic mass is 9.96.